The lowest BCUT2D eigenvalue weighted by molar-refractivity contribution is 0.280. The first-order chi connectivity index (χ1) is 7.22. The van der Waals surface area contributed by atoms with Crippen molar-refractivity contribution in [1.82, 2.24) is 4.98 Å². The van der Waals surface area contributed by atoms with Crippen LogP contribution >= 0.6 is 0 Å². The van der Waals surface area contributed by atoms with Gasteiger partial charge in [0.1, 0.15) is 12.2 Å². The lowest BCUT2D eigenvalue weighted by Crippen LogP contribution is -2.30. The first-order valence-corrected chi connectivity index (χ1v) is 4.58. The molecular weight excluding hydrogens is 194 g/mol. The van der Waals surface area contributed by atoms with Gasteiger partial charge in [0.05, 0.1) is 6.61 Å². The van der Waals surface area contributed by atoms with Crippen molar-refractivity contribution >= 4 is 12.2 Å². The van der Waals surface area contributed by atoms with Gasteiger partial charge in [-0.05, 0) is 23.6 Å². The Morgan fingerprint density at radius 3 is 2.87 bits per heavy atom. The number of aliphatic hydroxyl groups is 1. The van der Waals surface area contributed by atoms with Crippen molar-refractivity contribution in [2.45, 2.75) is 20.0 Å². The standard InChI is InChI=1S/C9H15N5O/c1-2-7-3-9(14(11)6-13-10)12-4-8(7)5-15/h3-4,6,15H,2,5,10-11H2,1H3/b13-6-. The summed E-state index contributed by atoms with van der Waals surface area (Å²) in [6.45, 7) is 1.97. The van der Waals surface area contributed by atoms with Crippen LogP contribution in [0.4, 0.5) is 5.82 Å². The fourth-order valence-electron chi connectivity index (χ4n) is 1.26. The average molecular weight is 209 g/mol. The third kappa shape index (κ3) is 2.64. The molecule has 0 aliphatic heterocycles. The van der Waals surface area contributed by atoms with E-state index in [0.29, 0.717) is 5.82 Å². The van der Waals surface area contributed by atoms with Gasteiger partial charge < -0.3 is 10.9 Å². The number of pyridine rings is 1. The molecule has 0 atom stereocenters. The van der Waals surface area contributed by atoms with Crippen molar-refractivity contribution in [2.75, 3.05) is 5.01 Å². The van der Waals surface area contributed by atoms with Crippen LogP contribution in [0.1, 0.15) is 18.1 Å². The molecule has 0 saturated heterocycles. The van der Waals surface area contributed by atoms with Gasteiger partial charge in [-0.15, -0.1) is 0 Å². The molecule has 0 spiro atoms. The number of hydrazine groups is 1. The fourth-order valence-corrected chi connectivity index (χ4v) is 1.26. The van der Waals surface area contributed by atoms with Crippen molar-refractivity contribution in [3.8, 4) is 0 Å². The van der Waals surface area contributed by atoms with E-state index in [1.165, 1.54) is 11.3 Å². The van der Waals surface area contributed by atoms with E-state index < -0.39 is 0 Å². The van der Waals surface area contributed by atoms with Crippen LogP contribution < -0.4 is 16.7 Å². The molecule has 0 aliphatic rings. The Labute approximate surface area is 88.2 Å². The number of nitrogens with two attached hydrogens (primary N) is 2. The van der Waals surface area contributed by atoms with Crippen LogP contribution in [0.5, 0.6) is 0 Å². The van der Waals surface area contributed by atoms with Gasteiger partial charge in [0, 0.05) is 6.20 Å². The number of hydrogen-bond acceptors (Lipinski definition) is 5. The van der Waals surface area contributed by atoms with Gasteiger partial charge in [-0.25, -0.2) is 15.8 Å². The number of nitrogens with zero attached hydrogens (tertiary/aromatic N) is 3. The second kappa shape index (κ2) is 5.28. The van der Waals surface area contributed by atoms with Gasteiger partial charge in [0.2, 0.25) is 0 Å². The van der Waals surface area contributed by atoms with Crippen molar-refractivity contribution in [1.29, 1.82) is 0 Å². The molecule has 1 rings (SSSR count). The normalized spacial score (nSPS) is 10.9. The van der Waals surface area contributed by atoms with E-state index in [2.05, 4.69) is 10.1 Å². The lowest BCUT2D eigenvalue weighted by Gasteiger charge is -2.13. The molecule has 0 fully saturated rings. The average Bonchev–Trinajstić information content (AvgIpc) is 2.28. The molecule has 15 heavy (non-hydrogen) atoms. The maximum atomic E-state index is 9.05. The Hall–Kier alpha value is -1.66. The van der Waals surface area contributed by atoms with Gasteiger partial charge in [0.25, 0.3) is 0 Å². The molecule has 0 bridgehead atoms. The minimum atomic E-state index is -0.0218. The number of hydrogen-bond donors (Lipinski definition) is 3. The van der Waals surface area contributed by atoms with Gasteiger partial charge >= 0.3 is 0 Å². The van der Waals surface area contributed by atoms with E-state index in [9.17, 15) is 0 Å². The Kier molecular flexibility index (Phi) is 4.02. The molecule has 0 aliphatic carbocycles. The Morgan fingerprint density at radius 2 is 2.33 bits per heavy atom. The highest BCUT2D eigenvalue weighted by Gasteiger charge is 2.05. The van der Waals surface area contributed by atoms with E-state index in [0.717, 1.165) is 17.5 Å². The van der Waals surface area contributed by atoms with Gasteiger partial charge in [0.15, 0.2) is 0 Å². The number of rotatable bonds is 4. The number of aliphatic hydroxyl groups excluding tert-OH is 1. The largest absolute Gasteiger partial charge is 0.392 e. The Morgan fingerprint density at radius 1 is 1.60 bits per heavy atom. The molecule has 82 valence electrons. The van der Waals surface area contributed by atoms with Crippen molar-refractivity contribution in [3.63, 3.8) is 0 Å². The van der Waals surface area contributed by atoms with Crippen LogP contribution in [-0.4, -0.2) is 16.4 Å². The third-order valence-electron chi connectivity index (χ3n) is 2.08. The van der Waals surface area contributed by atoms with Crippen LogP contribution in [0.3, 0.4) is 0 Å². The fraction of sp³-hybridized carbons (Fsp3) is 0.333. The quantitative estimate of drug-likeness (QED) is 0.274. The lowest BCUT2D eigenvalue weighted by atomic mass is 10.1. The van der Waals surface area contributed by atoms with E-state index in [1.54, 1.807) is 12.3 Å². The summed E-state index contributed by atoms with van der Waals surface area (Å²) in [5, 5.41) is 13.6. The first kappa shape index (κ1) is 11.4. The van der Waals surface area contributed by atoms with Gasteiger partial charge in [-0.3, -0.25) is 0 Å². The van der Waals surface area contributed by atoms with E-state index in [4.69, 9.17) is 16.8 Å². The maximum absolute atomic E-state index is 9.05. The van der Waals surface area contributed by atoms with Crippen LogP contribution in [0.2, 0.25) is 0 Å². The second-order valence-corrected chi connectivity index (χ2v) is 2.99. The van der Waals surface area contributed by atoms with Crippen LogP contribution in [0.25, 0.3) is 0 Å². The summed E-state index contributed by atoms with van der Waals surface area (Å²) in [7, 11) is 0. The van der Waals surface area contributed by atoms with Crippen LogP contribution in [-0.2, 0) is 13.0 Å². The van der Waals surface area contributed by atoms with E-state index in [-0.39, 0.29) is 6.61 Å². The topological polar surface area (TPSA) is 101 Å². The summed E-state index contributed by atoms with van der Waals surface area (Å²) in [6.07, 6.45) is 3.66. The van der Waals surface area contributed by atoms with Gasteiger partial charge in [-0.1, -0.05) is 6.92 Å². The molecule has 1 heterocycles. The monoisotopic (exact) mass is 209 g/mol. The number of hydrazone groups is 1. The molecule has 0 unspecified atom stereocenters. The maximum Gasteiger partial charge on any atom is 0.148 e. The number of aryl methyl sites for hydroxylation is 1. The zero-order valence-electron chi connectivity index (χ0n) is 8.59. The Balaban J connectivity index is 3.02. The van der Waals surface area contributed by atoms with Crippen molar-refractivity contribution in [3.05, 3.63) is 23.4 Å². The molecular formula is C9H15N5O. The van der Waals surface area contributed by atoms with E-state index in [1.807, 2.05) is 6.92 Å². The first-order valence-electron chi connectivity index (χ1n) is 4.58. The van der Waals surface area contributed by atoms with E-state index >= 15 is 0 Å². The SMILES string of the molecule is CCc1cc(N(N)/C=N\N)ncc1CO. The second-order valence-electron chi connectivity index (χ2n) is 2.99. The highest BCUT2D eigenvalue weighted by Crippen LogP contribution is 2.14. The molecule has 0 aromatic carbocycles. The highest BCUT2D eigenvalue weighted by molar-refractivity contribution is 5.75. The molecule has 1 aromatic heterocycles. The number of aromatic nitrogens is 1. The minimum absolute atomic E-state index is 0.0218. The van der Waals surface area contributed by atoms with Crippen molar-refractivity contribution < 1.29 is 5.11 Å². The molecule has 6 heteroatoms. The zero-order chi connectivity index (χ0) is 11.3. The minimum Gasteiger partial charge on any atom is -0.392 e. The van der Waals surface area contributed by atoms with Crippen LogP contribution in [0, 0.1) is 0 Å². The third-order valence-corrected chi connectivity index (χ3v) is 2.08. The highest BCUT2D eigenvalue weighted by atomic mass is 16.3. The predicted molar refractivity (Wildman–Crippen MR) is 58.9 cm³/mol. The summed E-state index contributed by atoms with van der Waals surface area (Å²) in [6, 6.07) is 1.80. The summed E-state index contributed by atoms with van der Waals surface area (Å²) >= 11 is 0. The molecule has 1 aromatic rings. The van der Waals surface area contributed by atoms with Crippen molar-refractivity contribution in [2.24, 2.45) is 16.8 Å². The predicted octanol–water partition coefficient (Wildman–Crippen LogP) is -0.282. The summed E-state index contributed by atoms with van der Waals surface area (Å²) in [5.41, 5.74) is 1.81. The summed E-state index contributed by atoms with van der Waals surface area (Å²) in [5.74, 6) is 11.1. The molecule has 0 radical (unpaired) electrons. The van der Waals surface area contributed by atoms with Crippen LogP contribution in [0.15, 0.2) is 17.4 Å². The Bertz CT molecular complexity index is 352. The molecule has 0 saturated carbocycles. The molecule has 6 nitrogen and oxygen atoms in total. The molecule has 0 amide bonds. The summed E-state index contributed by atoms with van der Waals surface area (Å²) in [4.78, 5) is 4.07. The smallest absolute Gasteiger partial charge is 0.148 e. The zero-order valence-corrected chi connectivity index (χ0v) is 8.59. The summed E-state index contributed by atoms with van der Waals surface area (Å²) < 4.78 is 0. The number of anilines is 1. The molecule has 5 N–H and O–H groups in total. The van der Waals surface area contributed by atoms with Gasteiger partial charge in [-0.2, -0.15) is 5.10 Å².